The van der Waals surface area contributed by atoms with Gasteiger partial charge in [-0.1, -0.05) is 12.1 Å². The van der Waals surface area contributed by atoms with Crippen LogP contribution in [0, 0.1) is 24.0 Å². The molecule has 0 aliphatic heterocycles. The third kappa shape index (κ3) is 4.75. The van der Waals surface area contributed by atoms with Crippen molar-refractivity contribution in [3.8, 4) is 0 Å². The summed E-state index contributed by atoms with van der Waals surface area (Å²) in [4.78, 5) is 20.0. The molecule has 1 aromatic carbocycles. The normalized spacial score (nSPS) is 11.3. The first-order valence-corrected chi connectivity index (χ1v) is 7.92. The van der Waals surface area contributed by atoms with E-state index in [4.69, 9.17) is 0 Å². The van der Waals surface area contributed by atoms with Crippen LogP contribution in [0.2, 0.25) is 0 Å². The Bertz CT molecular complexity index is 709. The molecule has 1 heterocycles. The van der Waals surface area contributed by atoms with Crippen LogP contribution in [0.5, 0.6) is 0 Å². The summed E-state index contributed by atoms with van der Waals surface area (Å²) in [6.45, 7) is 5.19. The summed E-state index contributed by atoms with van der Waals surface area (Å²) < 4.78 is 0. The topological polar surface area (TPSA) is 92.5 Å². The second-order valence-electron chi connectivity index (χ2n) is 4.94. The molecule has 0 amide bonds. The molecule has 0 radical (unpaired) electrons. The second-order valence-corrected chi connectivity index (χ2v) is 6.23. The number of rotatable bonds is 5. The number of hydrogen-bond donors (Lipinski definition) is 2. The maximum Gasteiger partial charge on any atom is 0.269 e. The molecule has 0 spiro atoms. The first kappa shape index (κ1) is 16.9. The summed E-state index contributed by atoms with van der Waals surface area (Å²) in [6.07, 6.45) is 0. The van der Waals surface area contributed by atoms with Crippen LogP contribution < -0.4 is 10.6 Å². The molecule has 0 saturated carbocycles. The van der Waals surface area contributed by atoms with Crippen LogP contribution in [0.15, 0.2) is 29.3 Å². The zero-order valence-corrected chi connectivity index (χ0v) is 14.1. The van der Waals surface area contributed by atoms with Crippen molar-refractivity contribution in [2.45, 2.75) is 26.9 Å². The molecule has 0 aliphatic rings. The number of guanidine groups is 1. The van der Waals surface area contributed by atoms with Crippen molar-refractivity contribution < 1.29 is 4.92 Å². The van der Waals surface area contributed by atoms with E-state index in [1.54, 1.807) is 30.5 Å². The van der Waals surface area contributed by atoms with Crippen LogP contribution in [0.25, 0.3) is 0 Å². The molecule has 0 bridgehead atoms. The second kappa shape index (κ2) is 7.68. The van der Waals surface area contributed by atoms with Gasteiger partial charge in [0.15, 0.2) is 5.96 Å². The standard InChI is InChI=1S/C15H19N5O2S/c1-10-14(23-11(2)19-10)9-18-15(16-3)17-8-12-4-6-13(7-5-12)20(21)22/h4-7H,8-9H2,1-3H3,(H2,16,17,18). The summed E-state index contributed by atoms with van der Waals surface area (Å²) >= 11 is 1.67. The number of benzene rings is 1. The summed E-state index contributed by atoms with van der Waals surface area (Å²) in [6, 6.07) is 6.46. The van der Waals surface area contributed by atoms with Crippen molar-refractivity contribution in [1.29, 1.82) is 0 Å². The molecule has 0 fully saturated rings. The van der Waals surface area contributed by atoms with Gasteiger partial charge in [-0.3, -0.25) is 15.1 Å². The van der Waals surface area contributed by atoms with Crippen molar-refractivity contribution >= 4 is 23.0 Å². The Hall–Kier alpha value is -2.48. The van der Waals surface area contributed by atoms with E-state index in [0.717, 1.165) is 16.3 Å². The Morgan fingerprint density at radius 3 is 2.43 bits per heavy atom. The van der Waals surface area contributed by atoms with E-state index in [0.29, 0.717) is 19.0 Å². The number of non-ortho nitro benzene ring substituents is 1. The highest BCUT2D eigenvalue weighted by molar-refractivity contribution is 7.11. The number of nitrogens with zero attached hydrogens (tertiary/aromatic N) is 3. The quantitative estimate of drug-likeness (QED) is 0.380. The average Bonchev–Trinajstić information content (AvgIpc) is 2.85. The molecule has 8 heteroatoms. The Morgan fingerprint density at radius 1 is 1.26 bits per heavy atom. The lowest BCUT2D eigenvalue weighted by molar-refractivity contribution is -0.384. The van der Waals surface area contributed by atoms with E-state index >= 15 is 0 Å². The molecule has 122 valence electrons. The number of aryl methyl sites for hydroxylation is 2. The molecule has 0 aliphatic carbocycles. The molecule has 0 unspecified atom stereocenters. The van der Waals surface area contributed by atoms with Gasteiger partial charge in [0, 0.05) is 30.6 Å². The third-order valence-electron chi connectivity index (χ3n) is 3.25. The zero-order valence-electron chi connectivity index (χ0n) is 13.3. The molecular weight excluding hydrogens is 314 g/mol. The number of nitro benzene ring substituents is 1. The first-order valence-electron chi connectivity index (χ1n) is 7.10. The predicted molar refractivity (Wildman–Crippen MR) is 91.7 cm³/mol. The molecule has 2 aromatic rings. The number of aromatic nitrogens is 1. The van der Waals surface area contributed by atoms with Gasteiger partial charge in [0.1, 0.15) is 0 Å². The van der Waals surface area contributed by atoms with E-state index in [-0.39, 0.29) is 5.69 Å². The highest BCUT2D eigenvalue weighted by atomic mass is 32.1. The molecule has 2 rings (SSSR count). The highest BCUT2D eigenvalue weighted by Crippen LogP contribution is 2.16. The Morgan fingerprint density at radius 2 is 1.91 bits per heavy atom. The van der Waals surface area contributed by atoms with Crippen molar-refractivity contribution in [3.63, 3.8) is 0 Å². The van der Waals surface area contributed by atoms with Crippen LogP contribution in [0.4, 0.5) is 5.69 Å². The number of thiazole rings is 1. The van der Waals surface area contributed by atoms with E-state index in [9.17, 15) is 10.1 Å². The van der Waals surface area contributed by atoms with Crippen LogP contribution in [-0.2, 0) is 13.1 Å². The van der Waals surface area contributed by atoms with Gasteiger partial charge in [-0.05, 0) is 19.4 Å². The maximum atomic E-state index is 10.6. The molecular formula is C15H19N5O2S. The molecule has 1 aromatic heterocycles. The molecule has 0 atom stereocenters. The number of aliphatic imine (C=N–C) groups is 1. The van der Waals surface area contributed by atoms with Gasteiger partial charge in [-0.15, -0.1) is 11.3 Å². The minimum absolute atomic E-state index is 0.0901. The third-order valence-corrected chi connectivity index (χ3v) is 4.32. The fraction of sp³-hybridized carbons (Fsp3) is 0.333. The van der Waals surface area contributed by atoms with Crippen LogP contribution in [0.1, 0.15) is 21.1 Å². The summed E-state index contributed by atoms with van der Waals surface area (Å²) in [7, 11) is 1.70. The van der Waals surface area contributed by atoms with Crippen LogP contribution in [-0.4, -0.2) is 22.9 Å². The van der Waals surface area contributed by atoms with Crippen molar-refractivity contribution in [1.82, 2.24) is 15.6 Å². The number of nitrogens with one attached hydrogen (secondary N) is 2. The lowest BCUT2D eigenvalue weighted by Gasteiger charge is -2.11. The van der Waals surface area contributed by atoms with Crippen molar-refractivity contribution in [3.05, 3.63) is 55.5 Å². The molecule has 7 nitrogen and oxygen atoms in total. The smallest absolute Gasteiger partial charge is 0.269 e. The largest absolute Gasteiger partial charge is 0.352 e. The minimum Gasteiger partial charge on any atom is -0.352 e. The van der Waals surface area contributed by atoms with Crippen LogP contribution in [0.3, 0.4) is 0 Å². The Labute approximate surface area is 138 Å². The van der Waals surface area contributed by atoms with Gasteiger partial charge in [-0.2, -0.15) is 0 Å². The van der Waals surface area contributed by atoms with E-state index in [1.165, 1.54) is 17.0 Å². The number of nitro groups is 1. The molecule has 23 heavy (non-hydrogen) atoms. The fourth-order valence-electron chi connectivity index (χ4n) is 2.04. The van der Waals surface area contributed by atoms with E-state index in [2.05, 4.69) is 20.6 Å². The highest BCUT2D eigenvalue weighted by Gasteiger charge is 2.07. The van der Waals surface area contributed by atoms with Gasteiger partial charge in [0.05, 0.1) is 22.2 Å². The Balaban J connectivity index is 1.87. The molecule has 0 saturated heterocycles. The first-order chi connectivity index (χ1) is 11.0. The van der Waals surface area contributed by atoms with Crippen molar-refractivity contribution in [2.24, 2.45) is 4.99 Å². The molecule has 2 N–H and O–H groups in total. The Kier molecular flexibility index (Phi) is 5.64. The minimum atomic E-state index is -0.406. The van der Waals surface area contributed by atoms with E-state index in [1.807, 2.05) is 13.8 Å². The van der Waals surface area contributed by atoms with Crippen LogP contribution >= 0.6 is 11.3 Å². The SMILES string of the molecule is CN=C(NCc1ccc([N+](=O)[O-])cc1)NCc1sc(C)nc1C. The van der Waals surface area contributed by atoms with Gasteiger partial charge in [-0.25, -0.2) is 4.98 Å². The monoisotopic (exact) mass is 333 g/mol. The lowest BCUT2D eigenvalue weighted by atomic mass is 10.2. The number of hydrogen-bond acceptors (Lipinski definition) is 5. The van der Waals surface area contributed by atoms with Gasteiger partial charge >= 0.3 is 0 Å². The fourth-order valence-corrected chi connectivity index (χ4v) is 2.92. The van der Waals surface area contributed by atoms with E-state index < -0.39 is 4.92 Å². The van der Waals surface area contributed by atoms with Gasteiger partial charge in [0.25, 0.3) is 5.69 Å². The zero-order chi connectivity index (χ0) is 16.8. The summed E-state index contributed by atoms with van der Waals surface area (Å²) in [5.74, 6) is 0.675. The maximum absolute atomic E-state index is 10.6. The van der Waals surface area contributed by atoms with Crippen molar-refractivity contribution in [2.75, 3.05) is 7.05 Å². The van der Waals surface area contributed by atoms with Gasteiger partial charge in [0.2, 0.25) is 0 Å². The van der Waals surface area contributed by atoms with Gasteiger partial charge < -0.3 is 10.6 Å². The summed E-state index contributed by atoms with van der Waals surface area (Å²) in [5, 5.41) is 18.1. The summed E-state index contributed by atoms with van der Waals surface area (Å²) in [5.41, 5.74) is 2.07. The predicted octanol–water partition coefficient (Wildman–Crippen LogP) is 2.53. The lowest BCUT2D eigenvalue weighted by Crippen LogP contribution is -2.36. The average molecular weight is 333 g/mol.